The Balaban J connectivity index is 0.00000225. The standard InChI is InChI=1S/C20H25NO3.ClH/c1-15(11-12-16-7-3-2-4-8-16)21-13-17(22)20-14-23-18-9-5-6-10-19(18)24-20;/h2-10,15,17,20-22H,11-14H2,1H3;1H/t15-,17+,20-;/m1./s1. The van der Waals surface area contributed by atoms with Crippen molar-refractivity contribution in [2.75, 3.05) is 13.2 Å². The highest BCUT2D eigenvalue weighted by Gasteiger charge is 2.27. The van der Waals surface area contributed by atoms with Crippen molar-refractivity contribution in [3.05, 3.63) is 60.2 Å². The molecule has 0 amide bonds. The molecular formula is C20H26ClNO3. The minimum absolute atomic E-state index is 0. The fourth-order valence-electron chi connectivity index (χ4n) is 2.81. The number of aliphatic hydroxyl groups excluding tert-OH is 1. The molecule has 3 rings (SSSR count). The number of nitrogens with one attached hydrogen (secondary N) is 1. The van der Waals surface area contributed by atoms with Gasteiger partial charge in [-0.3, -0.25) is 0 Å². The van der Waals surface area contributed by atoms with E-state index in [-0.39, 0.29) is 18.5 Å². The van der Waals surface area contributed by atoms with Crippen LogP contribution in [0, 0.1) is 0 Å². The molecule has 2 aromatic rings. The fraction of sp³-hybridized carbons (Fsp3) is 0.400. The number of benzene rings is 2. The Kier molecular flexibility index (Phi) is 7.56. The lowest BCUT2D eigenvalue weighted by Gasteiger charge is -2.30. The molecule has 0 fully saturated rings. The lowest BCUT2D eigenvalue weighted by molar-refractivity contribution is -0.0100. The molecule has 1 aliphatic heterocycles. The number of fused-ring (bicyclic) bond motifs is 1. The molecular weight excluding hydrogens is 338 g/mol. The van der Waals surface area contributed by atoms with Crippen LogP contribution in [0.4, 0.5) is 0 Å². The van der Waals surface area contributed by atoms with Gasteiger partial charge in [0.15, 0.2) is 17.6 Å². The van der Waals surface area contributed by atoms with Crippen LogP contribution in [-0.4, -0.2) is 36.5 Å². The van der Waals surface area contributed by atoms with E-state index in [4.69, 9.17) is 9.47 Å². The lowest BCUT2D eigenvalue weighted by Crippen LogP contribution is -2.46. The SMILES string of the molecule is C[C@H](CCc1ccccc1)NC[C@H](O)[C@H]1COc2ccccc2O1.Cl. The van der Waals surface area contributed by atoms with E-state index in [1.165, 1.54) is 5.56 Å². The van der Waals surface area contributed by atoms with Gasteiger partial charge in [-0.25, -0.2) is 0 Å². The van der Waals surface area contributed by atoms with Crippen LogP contribution >= 0.6 is 12.4 Å². The van der Waals surface area contributed by atoms with E-state index in [0.29, 0.717) is 24.9 Å². The topological polar surface area (TPSA) is 50.7 Å². The number of halogens is 1. The molecule has 0 radical (unpaired) electrons. The number of para-hydroxylation sites is 2. The van der Waals surface area contributed by atoms with Gasteiger partial charge in [0.05, 0.1) is 0 Å². The molecule has 136 valence electrons. The van der Waals surface area contributed by atoms with Crippen molar-refractivity contribution in [2.24, 2.45) is 0 Å². The first-order valence-corrected chi connectivity index (χ1v) is 8.56. The number of rotatable bonds is 7. The van der Waals surface area contributed by atoms with Crippen molar-refractivity contribution in [1.82, 2.24) is 5.32 Å². The largest absolute Gasteiger partial charge is 0.486 e. The second kappa shape index (κ2) is 9.66. The lowest BCUT2D eigenvalue weighted by atomic mass is 10.1. The Morgan fingerprint density at radius 2 is 1.76 bits per heavy atom. The third kappa shape index (κ3) is 5.63. The molecule has 2 aromatic carbocycles. The predicted molar refractivity (Wildman–Crippen MR) is 102 cm³/mol. The third-order valence-corrected chi connectivity index (χ3v) is 4.34. The number of aryl methyl sites for hydroxylation is 1. The number of ether oxygens (including phenoxy) is 2. The molecule has 2 N–H and O–H groups in total. The van der Waals surface area contributed by atoms with Crippen LogP contribution in [0.25, 0.3) is 0 Å². The zero-order chi connectivity index (χ0) is 16.8. The second-order valence-corrected chi connectivity index (χ2v) is 6.31. The van der Waals surface area contributed by atoms with E-state index in [9.17, 15) is 5.11 Å². The van der Waals surface area contributed by atoms with Crippen LogP contribution in [0.2, 0.25) is 0 Å². The fourth-order valence-corrected chi connectivity index (χ4v) is 2.81. The Bertz CT molecular complexity index is 638. The monoisotopic (exact) mass is 363 g/mol. The van der Waals surface area contributed by atoms with E-state index in [2.05, 4.69) is 36.5 Å². The van der Waals surface area contributed by atoms with Crippen molar-refractivity contribution >= 4 is 12.4 Å². The summed E-state index contributed by atoms with van der Waals surface area (Å²) in [6.45, 7) is 3.01. The van der Waals surface area contributed by atoms with Crippen molar-refractivity contribution < 1.29 is 14.6 Å². The summed E-state index contributed by atoms with van der Waals surface area (Å²) in [6.07, 6.45) is 1.12. The van der Waals surface area contributed by atoms with Crippen molar-refractivity contribution in [1.29, 1.82) is 0 Å². The summed E-state index contributed by atoms with van der Waals surface area (Å²) in [5.41, 5.74) is 1.34. The maximum absolute atomic E-state index is 10.4. The van der Waals surface area contributed by atoms with E-state index in [1.807, 2.05) is 30.3 Å². The van der Waals surface area contributed by atoms with Crippen LogP contribution in [-0.2, 0) is 6.42 Å². The summed E-state index contributed by atoms with van der Waals surface area (Å²) in [6, 6.07) is 18.3. The van der Waals surface area contributed by atoms with Crippen LogP contribution < -0.4 is 14.8 Å². The maximum Gasteiger partial charge on any atom is 0.161 e. The first-order valence-electron chi connectivity index (χ1n) is 8.56. The van der Waals surface area contributed by atoms with Gasteiger partial charge in [-0.15, -0.1) is 12.4 Å². The number of aliphatic hydroxyl groups is 1. The zero-order valence-electron chi connectivity index (χ0n) is 14.4. The Morgan fingerprint density at radius 1 is 1.08 bits per heavy atom. The van der Waals surface area contributed by atoms with Gasteiger partial charge in [-0.05, 0) is 37.5 Å². The molecule has 0 spiro atoms. The predicted octanol–water partition coefficient (Wildman–Crippen LogP) is 3.22. The number of hydrogen-bond donors (Lipinski definition) is 2. The van der Waals surface area contributed by atoms with Crippen molar-refractivity contribution in [2.45, 2.75) is 38.0 Å². The van der Waals surface area contributed by atoms with Gasteiger partial charge in [0, 0.05) is 12.6 Å². The molecule has 1 heterocycles. The van der Waals surface area contributed by atoms with Gasteiger partial charge in [0.25, 0.3) is 0 Å². The average Bonchev–Trinajstić information content (AvgIpc) is 2.65. The van der Waals surface area contributed by atoms with Crippen LogP contribution in [0.5, 0.6) is 11.5 Å². The molecule has 0 aromatic heterocycles. The second-order valence-electron chi connectivity index (χ2n) is 6.31. The molecule has 0 saturated heterocycles. The Morgan fingerprint density at radius 3 is 2.52 bits per heavy atom. The molecule has 5 heteroatoms. The van der Waals surface area contributed by atoms with E-state index in [1.54, 1.807) is 0 Å². The molecule has 0 saturated carbocycles. The summed E-state index contributed by atoms with van der Waals surface area (Å²) in [5.74, 6) is 1.44. The highest BCUT2D eigenvalue weighted by molar-refractivity contribution is 5.85. The summed E-state index contributed by atoms with van der Waals surface area (Å²) >= 11 is 0. The zero-order valence-corrected chi connectivity index (χ0v) is 15.2. The molecule has 0 unspecified atom stereocenters. The van der Waals surface area contributed by atoms with Crippen LogP contribution in [0.1, 0.15) is 18.9 Å². The highest BCUT2D eigenvalue weighted by atomic mass is 35.5. The quantitative estimate of drug-likeness (QED) is 0.793. The van der Waals surface area contributed by atoms with Crippen LogP contribution in [0.3, 0.4) is 0 Å². The van der Waals surface area contributed by atoms with E-state index >= 15 is 0 Å². The number of hydrogen-bond acceptors (Lipinski definition) is 4. The first-order chi connectivity index (χ1) is 11.7. The molecule has 3 atom stereocenters. The van der Waals surface area contributed by atoms with E-state index in [0.717, 1.165) is 18.6 Å². The van der Waals surface area contributed by atoms with Crippen LogP contribution in [0.15, 0.2) is 54.6 Å². The highest BCUT2D eigenvalue weighted by Crippen LogP contribution is 2.31. The van der Waals surface area contributed by atoms with Gasteiger partial charge in [0.2, 0.25) is 0 Å². The molecule has 0 bridgehead atoms. The summed E-state index contributed by atoms with van der Waals surface area (Å²) in [4.78, 5) is 0. The first kappa shape index (κ1) is 19.6. The smallest absolute Gasteiger partial charge is 0.161 e. The third-order valence-electron chi connectivity index (χ3n) is 4.34. The van der Waals surface area contributed by atoms with Gasteiger partial charge in [0.1, 0.15) is 12.7 Å². The van der Waals surface area contributed by atoms with Gasteiger partial charge in [-0.1, -0.05) is 42.5 Å². The Labute approximate surface area is 155 Å². The van der Waals surface area contributed by atoms with Gasteiger partial charge in [-0.2, -0.15) is 0 Å². The summed E-state index contributed by atoms with van der Waals surface area (Å²) in [5, 5.41) is 13.8. The minimum Gasteiger partial charge on any atom is -0.486 e. The van der Waals surface area contributed by atoms with Gasteiger partial charge >= 0.3 is 0 Å². The molecule has 0 aliphatic carbocycles. The maximum atomic E-state index is 10.4. The molecule has 4 nitrogen and oxygen atoms in total. The average molecular weight is 364 g/mol. The molecule has 1 aliphatic rings. The summed E-state index contributed by atoms with van der Waals surface area (Å²) in [7, 11) is 0. The molecule has 25 heavy (non-hydrogen) atoms. The van der Waals surface area contributed by atoms with E-state index < -0.39 is 6.10 Å². The van der Waals surface area contributed by atoms with Crippen molar-refractivity contribution in [3.63, 3.8) is 0 Å². The normalized spacial score (nSPS) is 18.1. The van der Waals surface area contributed by atoms with Gasteiger partial charge < -0.3 is 19.9 Å². The van der Waals surface area contributed by atoms with Crippen molar-refractivity contribution in [3.8, 4) is 11.5 Å². The Hall–Kier alpha value is -1.75. The minimum atomic E-state index is -0.600. The summed E-state index contributed by atoms with van der Waals surface area (Å²) < 4.78 is 11.5.